The number of nitrogens with zero attached hydrogens (tertiary/aromatic N) is 3. The largest absolute Gasteiger partial charge is 0.491 e. The Bertz CT molecular complexity index is 803. The summed E-state index contributed by atoms with van der Waals surface area (Å²) in [4.78, 5) is 0. The van der Waals surface area contributed by atoms with Crippen molar-refractivity contribution in [3.8, 4) is 17.3 Å². The molecule has 0 amide bonds. The molecule has 0 unspecified atom stereocenters. The van der Waals surface area contributed by atoms with Crippen molar-refractivity contribution in [3.05, 3.63) is 47.7 Å². The van der Waals surface area contributed by atoms with E-state index in [1.165, 1.54) is 0 Å². The van der Waals surface area contributed by atoms with Gasteiger partial charge in [0, 0.05) is 12.3 Å². The minimum absolute atomic E-state index is 0.475. The molecule has 25 heavy (non-hydrogen) atoms. The van der Waals surface area contributed by atoms with E-state index in [0.717, 1.165) is 29.0 Å². The number of halogens is 1. The second-order valence-corrected chi connectivity index (χ2v) is 7.38. The first-order valence-corrected chi connectivity index (χ1v) is 9.48. The summed E-state index contributed by atoms with van der Waals surface area (Å²) >= 11 is 7.71. The lowest BCUT2D eigenvalue weighted by Crippen LogP contribution is -2.08. The van der Waals surface area contributed by atoms with Gasteiger partial charge in [-0.25, -0.2) is 0 Å². The zero-order valence-electron chi connectivity index (χ0n) is 14.2. The van der Waals surface area contributed by atoms with E-state index in [4.69, 9.17) is 20.8 Å². The highest BCUT2D eigenvalue weighted by Gasteiger charge is 2.17. The van der Waals surface area contributed by atoms with Crippen molar-refractivity contribution < 1.29 is 9.15 Å². The standard InChI is InChI=1S/C18H20ClN3O2S/c1-13(2)12-22-17(16-8-5-9-23-16)20-21-18(22)25-11-10-24-15-7-4-3-6-14(15)19/h3-9,13H,10-12H2,1-2H3. The van der Waals surface area contributed by atoms with E-state index >= 15 is 0 Å². The van der Waals surface area contributed by atoms with Gasteiger partial charge in [0.05, 0.1) is 17.9 Å². The van der Waals surface area contributed by atoms with Crippen molar-refractivity contribution in [2.75, 3.05) is 12.4 Å². The van der Waals surface area contributed by atoms with Gasteiger partial charge in [0.2, 0.25) is 0 Å². The number of ether oxygens (including phenoxy) is 1. The Labute approximate surface area is 156 Å². The summed E-state index contributed by atoms with van der Waals surface area (Å²) in [7, 11) is 0. The third-order valence-electron chi connectivity index (χ3n) is 3.41. The summed E-state index contributed by atoms with van der Waals surface area (Å²) in [5, 5.41) is 10.1. The molecule has 5 nitrogen and oxygen atoms in total. The lowest BCUT2D eigenvalue weighted by atomic mass is 10.2. The molecule has 3 aromatic rings. The fourth-order valence-electron chi connectivity index (χ4n) is 2.36. The summed E-state index contributed by atoms with van der Waals surface area (Å²) in [6, 6.07) is 11.2. The van der Waals surface area contributed by atoms with E-state index in [2.05, 4.69) is 28.6 Å². The summed E-state index contributed by atoms with van der Waals surface area (Å²) < 4.78 is 13.3. The molecule has 0 spiro atoms. The average Bonchev–Trinajstić information content (AvgIpc) is 3.23. The fraction of sp³-hybridized carbons (Fsp3) is 0.333. The maximum Gasteiger partial charge on any atom is 0.200 e. The van der Waals surface area contributed by atoms with Crippen LogP contribution in [0.1, 0.15) is 13.8 Å². The quantitative estimate of drug-likeness (QED) is 0.407. The third-order valence-corrected chi connectivity index (χ3v) is 4.66. The molecular weight excluding hydrogens is 358 g/mol. The van der Waals surface area contributed by atoms with Crippen molar-refractivity contribution in [3.63, 3.8) is 0 Å². The van der Waals surface area contributed by atoms with Gasteiger partial charge in [0.1, 0.15) is 5.75 Å². The number of aromatic nitrogens is 3. The Balaban J connectivity index is 1.65. The Kier molecular flexibility index (Phi) is 6.04. The fourth-order valence-corrected chi connectivity index (χ4v) is 3.31. The first kappa shape index (κ1) is 17.9. The minimum Gasteiger partial charge on any atom is -0.491 e. The highest BCUT2D eigenvalue weighted by molar-refractivity contribution is 7.99. The number of rotatable bonds is 8. The Morgan fingerprint density at radius 3 is 2.76 bits per heavy atom. The summed E-state index contributed by atoms with van der Waals surface area (Å²) in [5.41, 5.74) is 0. The second kappa shape index (κ2) is 8.45. The number of furan rings is 1. The van der Waals surface area contributed by atoms with Crippen LogP contribution in [0, 0.1) is 5.92 Å². The lowest BCUT2D eigenvalue weighted by molar-refractivity contribution is 0.344. The number of para-hydroxylation sites is 1. The highest BCUT2D eigenvalue weighted by atomic mass is 35.5. The van der Waals surface area contributed by atoms with Crippen molar-refractivity contribution in [1.82, 2.24) is 14.8 Å². The first-order valence-electron chi connectivity index (χ1n) is 8.12. The van der Waals surface area contributed by atoms with Crippen LogP contribution in [0.5, 0.6) is 5.75 Å². The predicted molar refractivity (Wildman–Crippen MR) is 100 cm³/mol. The molecule has 0 aliphatic carbocycles. The highest BCUT2D eigenvalue weighted by Crippen LogP contribution is 2.26. The van der Waals surface area contributed by atoms with E-state index in [-0.39, 0.29) is 0 Å². The summed E-state index contributed by atoms with van der Waals surface area (Å²) in [6.07, 6.45) is 1.65. The maximum absolute atomic E-state index is 6.09. The maximum atomic E-state index is 6.09. The zero-order chi connectivity index (χ0) is 17.6. The third kappa shape index (κ3) is 4.58. The molecule has 0 bridgehead atoms. The van der Waals surface area contributed by atoms with Gasteiger partial charge < -0.3 is 9.15 Å². The summed E-state index contributed by atoms with van der Waals surface area (Å²) in [6.45, 7) is 5.71. The van der Waals surface area contributed by atoms with E-state index < -0.39 is 0 Å². The van der Waals surface area contributed by atoms with Crippen LogP contribution < -0.4 is 4.74 Å². The molecular formula is C18H20ClN3O2S. The predicted octanol–water partition coefficient (Wildman–Crippen LogP) is 5.02. The van der Waals surface area contributed by atoms with Gasteiger partial charge in [-0.05, 0) is 30.2 Å². The number of thioether (sulfide) groups is 1. The Hall–Kier alpha value is -1.92. The molecule has 0 aliphatic rings. The molecule has 3 rings (SSSR count). The smallest absolute Gasteiger partial charge is 0.200 e. The lowest BCUT2D eigenvalue weighted by Gasteiger charge is -2.12. The molecule has 0 saturated carbocycles. The topological polar surface area (TPSA) is 53.1 Å². The first-order chi connectivity index (χ1) is 12.1. The van der Waals surface area contributed by atoms with Gasteiger partial charge in [0.25, 0.3) is 0 Å². The SMILES string of the molecule is CC(C)Cn1c(SCCOc2ccccc2Cl)nnc1-c1ccco1. The van der Waals surface area contributed by atoms with Crippen molar-refractivity contribution >= 4 is 23.4 Å². The molecule has 2 aromatic heterocycles. The Morgan fingerprint density at radius 1 is 1.20 bits per heavy atom. The van der Waals surface area contributed by atoms with Crippen LogP contribution in [0.2, 0.25) is 5.02 Å². The van der Waals surface area contributed by atoms with Gasteiger partial charge >= 0.3 is 0 Å². The zero-order valence-corrected chi connectivity index (χ0v) is 15.8. The van der Waals surface area contributed by atoms with Crippen LogP contribution in [-0.2, 0) is 6.54 Å². The number of hydrogen-bond acceptors (Lipinski definition) is 5. The van der Waals surface area contributed by atoms with Crippen LogP contribution >= 0.6 is 23.4 Å². The van der Waals surface area contributed by atoms with Crippen LogP contribution in [0.3, 0.4) is 0 Å². The van der Waals surface area contributed by atoms with Gasteiger partial charge in [-0.3, -0.25) is 4.57 Å². The monoisotopic (exact) mass is 377 g/mol. The van der Waals surface area contributed by atoms with Crippen LogP contribution in [0.25, 0.3) is 11.6 Å². The molecule has 0 fully saturated rings. The van der Waals surface area contributed by atoms with Gasteiger partial charge in [-0.15, -0.1) is 10.2 Å². The molecule has 0 saturated heterocycles. The molecule has 0 radical (unpaired) electrons. The molecule has 1 aromatic carbocycles. The van der Waals surface area contributed by atoms with E-state index in [1.54, 1.807) is 18.0 Å². The number of hydrogen-bond donors (Lipinski definition) is 0. The van der Waals surface area contributed by atoms with Gasteiger partial charge in [-0.1, -0.05) is 49.3 Å². The molecule has 0 atom stereocenters. The van der Waals surface area contributed by atoms with Crippen molar-refractivity contribution in [2.24, 2.45) is 5.92 Å². The number of benzene rings is 1. The van der Waals surface area contributed by atoms with Crippen molar-refractivity contribution in [1.29, 1.82) is 0 Å². The van der Waals surface area contributed by atoms with Gasteiger partial charge in [-0.2, -0.15) is 0 Å². The van der Waals surface area contributed by atoms with E-state index in [9.17, 15) is 0 Å². The van der Waals surface area contributed by atoms with Crippen LogP contribution in [0.15, 0.2) is 52.2 Å². The Morgan fingerprint density at radius 2 is 2.04 bits per heavy atom. The normalized spacial score (nSPS) is 11.2. The van der Waals surface area contributed by atoms with Crippen LogP contribution in [0.4, 0.5) is 0 Å². The molecule has 0 N–H and O–H groups in total. The average molecular weight is 378 g/mol. The van der Waals surface area contributed by atoms with E-state index in [0.29, 0.717) is 23.3 Å². The molecule has 132 valence electrons. The molecule has 7 heteroatoms. The molecule has 0 aliphatic heterocycles. The van der Waals surface area contributed by atoms with Crippen LogP contribution in [-0.4, -0.2) is 27.1 Å². The minimum atomic E-state index is 0.475. The second-order valence-electron chi connectivity index (χ2n) is 5.92. The van der Waals surface area contributed by atoms with Crippen molar-refractivity contribution in [2.45, 2.75) is 25.5 Å². The summed E-state index contributed by atoms with van der Waals surface area (Å²) in [5.74, 6) is 3.41. The van der Waals surface area contributed by atoms with Gasteiger partial charge in [0.15, 0.2) is 16.7 Å². The molecule has 2 heterocycles. The van der Waals surface area contributed by atoms with E-state index in [1.807, 2.05) is 36.4 Å².